The molecule has 178 valence electrons. The molecule has 1 aliphatic rings. The third kappa shape index (κ3) is 4.08. The minimum absolute atomic E-state index is 0.0525. The SMILES string of the molecule is COc1ccc(-c2c3ncnc(OC4CCC(c5nc(C(C)C)no5)CC4)c3nn2C)c(C)n1. The Morgan fingerprint density at radius 1 is 1.06 bits per heavy atom. The van der Waals surface area contributed by atoms with Crippen LogP contribution in [0.15, 0.2) is 23.0 Å². The van der Waals surface area contributed by atoms with Crippen molar-refractivity contribution in [1.29, 1.82) is 0 Å². The van der Waals surface area contributed by atoms with Gasteiger partial charge in [0.15, 0.2) is 11.3 Å². The number of nitrogens with zero attached hydrogens (tertiary/aromatic N) is 7. The topological polar surface area (TPSA) is 114 Å². The van der Waals surface area contributed by atoms with Gasteiger partial charge in [0.25, 0.3) is 0 Å². The molecule has 0 aromatic carbocycles. The van der Waals surface area contributed by atoms with E-state index in [2.05, 4.69) is 38.9 Å². The van der Waals surface area contributed by atoms with Crippen molar-refractivity contribution in [3.05, 3.63) is 35.9 Å². The van der Waals surface area contributed by atoms with E-state index >= 15 is 0 Å². The Labute approximate surface area is 197 Å². The summed E-state index contributed by atoms with van der Waals surface area (Å²) in [7, 11) is 3.50. The van der Waals surface area contributed by atoms with Gasteiger partial charge in [0, 0.05) is 30.5 Å². The van der Waals surface area contributed by atoms with Gasteiger partial charge in [-0.25, -0.2) is 9.97 Å². The van der Waals surface area contributed by atoms with E-state index in [0.29, 0.717) is 17.3 Å². The van der Waals surface area contributed by atoms with Crippen LogP contribution in [-0.2, 0) is 7.05 Å². The molecule has 0 unspecified atom stereocenters. The first-order valence-corrected chi connectivity index (χ1v) is 11.6. The van der Waals surface area contributed by atoms with Crippen molar-refractivity contribution in [3.8, 4) is 23.0 Å². The summed E-state index contributed by atoms with van der Waals surface area (Å²) in [6, 6.07) is 3.81. The number of aryl methyl sites for hydroxylation is 2. The highest BCUT2D eigenvalue weighted by molar-refractivity contribution is 5.92. The maximum absolute atomic E-state index is 6.34. The highest BCUT2D eigenvalue weighted by Gasteiger charge is 2.29. The van der Waals surface area contributed by atoms with E-state index in [4.69, 9.17) is 19.1 Å². The molecule has 0 amide bonds. The number of methoxy groups -OCH3 is 1. The Hall–Kier alpha value is -3.56. The van der Waals surface area contributed by atoms with E-state index < -0.39 is 0 Å². The van der Waals surface area contributed by atoms with Gasteiger partial charge >= 0.3 is 0 Å². The van der Waals surface area contributed by atoms with Gasteiger partial charge in [0.1, 0.15) is 17.9 Å². The van der Waals surface area contributed by atoms with Gasteiger partial charge in [0.05, 0.1) is 18.5 Å². The Balaban J connectivity index is 1.35. The Morgan fingerprint density at radius 2 is 1.85 bits per heavy atom. The van der Waals surface area contributed by atoms with Crippen LogP contribution in [-0.4, -0.2) is 48.1 Å². The molecular weight excluding hydrogens is 434 g/mol. The van der Waals surface area contributed by atoms with Crippen LogP contribution in [0.4, 0.5) is 0 Å². The van der Waals surface area contributed by atoms with Crippen molar-refractivity contribution in [2.45, 2.75) is 64.4 Å². The molecule has 4 heterocycles. The van der Waals surface area contributed by atoms with Gasteiger partial charge in [-0.2, -0.15) is 15.1 Å². The Kier molecular flexibility index (Phi) is 5.89. The summed E-state index contributed by atoms with van der Waals surface area (Å²) in [5.74, 6) is 3.13. The van der Waals surface area contributed by atoms with Gasteiger partial charge in [-0.15, -0.1) is 0 Å². The van der Waals surface area contributed by atoms with E-state index in [1.165, 1.54) is 6.33 Å². The maximum atomic E-state index is 6.34. The van der Waals surface area contributed by atoms with Crippen molar-refractivity contribution < 1.29 is 14.0 Å². The van der Waals surface area contributed by atoms with E-state index in [0.717, 1.165) is 59.9 Å². The summed E-state index contributed by atoms with van der Waals surface area (Å²) in [4.78, 5) is 18.0. The van der Waals surface area contributed by atoms with Crippen LogP contribution in [0.3, 0.4) is 0 Å². The second-order valence-electron chi connectivity index (χ2n) is 9.07. The maximum Gasteiger partial charge on any atom is 0.245 e. The summed E-state index contributed by atoms with van der Waals surface area (Å²) in [6.45, 7) is 6.08. The third-order valence-electron chi connectivity index (χ3n) is 6.39. The smallest absolute Gasteiger partial charge is 0.245 e. The van der Waals surface area contributed by atoms with Crippen LogP contribution in [0.1, 0.15) is 68.8 Å². The van der Waals surface area contributed by atoms with Crippen LogP contribution < -0.4 is 9.47 Å². The Bertz CT molecular complexity index is 1310. The monoisotopic (exact) mass is 463 g/mol. The second kappa shape index (κ2) is 9.00. The van der Waals surface area contributed by atoms with Gasteiger partial charge in [0.2, 0.25) is 17.7 Å². The summed E-state index contributed by atoms with van der Waals surface area (Å²) >= 11 is 0. The first kappa shape index (κ1) is 22.2. The number of rotatable bonds is 6. The van der Waals surface area contributed by atoms with Crippen LogP contribution in [0.25, 0.3) is 22.3 Å². The molecule has 34 heavy (non-hydrogen) atoms. The lowest BCUT2D eigenvalue weighted by atomic mass is 9.87. The van der Waals surface area contributed by atoms with Crippen LogP contribution >= 0.6 is 0 Å². The summed E-state index contributed by atoms with van der Waals surface area (Å²) in [6.07, 6.45) is 5.22. The largest absolute Gasteiger partial charge is 0.481 e. The quantitative estimate of drug-likeness (QED) is 0.411. The molecule has 0 N–H and O–H groups in total. The van der Waals surface area contributed by atoms with Crippen LogP contribution in [0.5, 0.6) is 11.8 Å². The normalized spacial score (nSPS) is 18.5. The molecule has 5 rings (SSSR count). The van der Waals surface area contributed by atoms with Gasteiger partial charge in [-0.3, -0.25) is 4.68 Å². The molecule has 10 nitrogen and oxygen atoms in total. The molecule has 0 saturated heterocycles. The van der Waals surface area contributed by atoms with Crippen molar-refractivity contribution in [3.63, 3.8) is 0 Å². The molecule has 10 heteroatoms. The predicted octanol–water partition coefficient (Wildman–Crippen LogP) is 4.35. The first-order valence-electron chi connectivity index (χ1n) is 11.6. The fourth-order valence-electron chi connectivity index (χ4n) is 4.50. The lowest BCUT2D eigenvalue weighted by Crippen LogP contribution is -2.24. The molecule has 1 aliphatic carbocycles. The number of ether oxygens (including phenoxy) is 2. The number of aromatic nitrogens is 7. The van der Waals surface area contributed by atoms with E-state index in [1.54, 1.807) is 7.11 Å². The molecule has 0 spiro atoms. The number of hydrogen-bond acceptors (Lipinski definition) is 9. The number of fused-ring (bicyclic) bond motifs is 1. The molecule has 0 bridgehead atoms. The van der Waals surface area contributed by atoms with Crippen molar-refractivity contribution in [1.82, 2.24) is 34.9 Å². The van der Waals surface area contributed by atoms with Crippen molar-refractivity contribution in [2.75, 3.05) is 7.11 Å². The first-order chi connectivity index (χ1) is 16.4. The fraction of sp³-hybridized carbons (Fsp3) is 0.500. The molecule has 0 atom stereocenters. The fourth-order valence-corrected chi connectivity index (χ4v) is 4.50. The highest BCUT2D eigenvalue weighted by Crippen LogP contribution is 2.36. The zero-order valence-electron chi connectivity index (χ0n) is 20.1. The van der Waals surface area contributed by atoms with Crippen LogP contribution in [0.2, 0.25) is 0 Å². The zero-order valence-corrected chi connectivity index (χ0v) is 20.1. The number of pyridine rings is 1. The van der Waals surface area contributed by atoms with Crippen molar-refractivity contribution >= 4 is 11.0 Å². The van der Waals surface area contributed by atoms with Crippen molar-refractivity contribution in [2.24, 2.45) is 7.05 Å². The lowest BCUT2D eigenvalue weighted by Gasteiger charge is -2.26. The Morgan fingerprint density at radius 3 is 2.53 bits per heavy atom. The van der Waals surface area contributed by atoms with Gasteiger partial charge < -0.3 is 14.0 Å². The van der Waals surface area contributed by atoms with Crippen LogP contribution in [0, 0.1) is 6.92 Å². The average molecular weight is 464 g/mol. The predicted molar refractivity (Wildman–Crippen MR) is 125 cm³/mol. The minimum Gasteiger partial charge on any atom is -0.481 e. The van der Waals surface area contributed by atoms with Gasteiger partial charge in [-0.05, 0) is 38.7 Å². The minimum atomic E-state index is 0.0525. The molecule has 4 aromatic heterocycles. The molecular formula is C24H29N7O3. The highest BCUT2D eigenvalue weighted by atomic mass is 16.5. The van der Waals surface area contributed by atoms with E-state index in [1.807, 2.05) is 30.8 Å². The molecule has 0 aliphatic heterocycles. The lowest BCUT2D eigenvalue weighted by molar-refractivity contribution is 0.135. The molecule has 4 aromatic rings. The number of hydrogen-bond donors (Lipinski definition) is 0. The third-order valence-corrected chi connectivity index (χ3v) is 6.39. The second-order valence-corrected chi connectivity index (χ2v) is 9.07. The summed E-state index contributed by atoms with van der Waals surface area (Å²) in [5.41, 5.74) is 4.04. The average Bonchev–Trinajstić information content (AvgIpc) is 3.45. The summed E-state index contributed by atoms with van der Waals surface area (Å²) < 4.78 is 18.9. The molecule has 1 fully saturated rings. The standard InChI is InChI=1S/C24H29N7O3/c1-13(2)22-28-23(34-30-22)15-6-8-16(9-7-15)33-24-20-19(25-12-26-24)21(31(4)29-20)17-10-11-18(32-5)27-14(17)3/h10-13,15-16H,6-9H2,1-5H3. The zero-order chi connectivity index (χ0) is 23.8. The summed E-state index contributed by atoms with van der Waals surface area (Å²) in [5, 5.41) is 8.80. The molecule has 0 radical (unpaired) electrons. The molecule has 1 saturated carbocycles. The van der Waals surface area contributed by atoms with Gasteiger partial charge in [-0.1, -0.05) is 19.0 Å². The van der Waals surface area contributed by atoms with E-state index in [9.17, 15) is 0 Å². The van der Waals surface area contributed by atoms with E-state index in [-0.39, 0.29) is 17.9 Å².